The average Bonchev–Trinajstić information content (AvgIpc) is 2.74. The van der Waals surface area contributed by atoms with Crippen molar-refractivity contribution in [3.05, 3.63) is 66.5 Å². The van der Waals surface area contributed by atoms with Crippen LogP contribution in [0.1, 0.15) is 37.2 Å². The first kappa shape index (κ1) is 20.6. The van der Waals surface area contributed by atoms with Crippen LogP contribution in [-0.4, -0.2) is 29.6 Å². The Labute approximate surface area is 182 Å². The molecule has 0 saturated carbocycles. The minimum absolute atomic E-state index is 0. The molecule has 0 bridgehead atoms. The number of fused-ring (bicyclic) bond motifs is 2. The molecule has 2 N–H and O–H groups in total. The van der Waals surface area contributed by atoms with Crippen molar-refractivity contribution in [3.8, 4) is 5.75 Å². The Morgan fingerprint density at radius 3 is 2.83 bits per heavy atom. The van der Waals surface area contributed by atoms with Crippen LogP contribution in [0, 0.1) is 0 Å². The molecule has 0 radical (unpaired) electrons. The highest BCUT2D eigenvalue weighted by atomic mass is 35.5. The van der Waals surface area contributed by atoms with Gasteiger partial charge in [-0.2, -0.15) is 0 Å². The molecule has 3 heterocycles. The van der Waals surface area contributed by atoms with Crippen LogP contribution >= 0.6 is 12.4 Å². The monoisotopic (exact) mass is 423 g/mol. The van der Waals surface area contributed by atoms with Crippen LogP contribution in [0.25, 0.3) is 10.8 Å². The minimum Gasteiger partial charge on any atom is -0.487 e. The van der Waals surface area contributed by atoms with E-state index in [2.05, 4.69) is 21.7 Å². The summed E-state index contributed by atoms with van der Waals surface area (Å²) in [6.07, 6.45) is 6.88. The lowest BCUT2D eigenvalue weighted by molar-refractivity contribution is -0.117. The summed E-state index contributed by atoms with van der Waals surface area (Å²) in [6, 6.07) is 16.0. The van der Waals surface area contributed by atoms with E-state index < -0.39 is 0 Å². The number of aromatic nitrogens is 1. The maximum atomic E-state index is 13.0. The molecule has 5 rings (SSSR count). The molecule has 156 valence electrons. The topological polar surface area (TPSA) is 63.2 Å². The van der Waals surface area contributed by atoms with Crippen molar-refractivity contribution in [2.45, 2.75) is 37.2 Å². The van der Waals surface area contributed by atoms with Crippen LogP contribution in [0.15, 0.2) is 60.9 Å². The van der Waals surface area contributed by atoms with Crippen LogP contribution in [-0.2, 0) is 4.79 Å². The second-order valence-electron chi connectivity index (χ2n) is 8.13. The lowest BCUT2D eigenvalue weighted by Crippen LogP contribution is -2.49. The summed E-state index contributed by atoms with van der Waals surface area (Å²) in [5.74, 6) is 1.14. The van der Waals surface area contributed by atoms with Crippen molar-refractivity contribution in [2.24, 2.45) is 0 Å². The number of amides is 1. The first-order valence-electron chi connectivity index (χ1n) is 10.3. The molecule has 1 atom stereocenters. The van der Waals surface area contributed by atoms with Gasteiger partial charge in [0.25, 0.3) is 0 Å². The fourth-order valence-electron chi connectivity index (χ4n) is 4.77. The molecule has 30 heavy (non-hydrogen) atoms. The van der Waals surface area contributed by atoms with Crippen LogP contribution in [0.3, 0.4) is 0 Å². The first-order valence-corrected chi connectivity index (χ1v) is 10.3. The standard InChI is InChI=1S/C24H25N3O2.ClH/c28-23(27-21-6-3-4-17-16-26-11-8-19(17)21)14-18-15-24(9-12-25-13-10-24)29-22-7-2-1-5-20(18)22;/h1-8,11,16,18,25H,9-10,12-15H2,(H,27,28);1H. The van der Waals surface area contributed by atoms with Gasteiger partial charge in [-0.05, 0) is 56.1 Å². The molecule has 6 heteroatoms. The molecular weight excluding hydrogens is 398 g/mol. The smallest absolute Gasteiger partial charge is 0.225 e. The van der Waals surface area contributed by atoms with Gasteiger partial charge < -0.3 is 15.4 Å². The van der Waals surface area contributed by atoms with E-state index in [4.69, 9.17) is 4.74 Å². The van der Waals surface area contributed by atoms with Gasteiger partial charge in [0.2, 0.25) is 5.91 Å². The fourth-order valence-corrected chi connectivity index (χ4v) is 4.77. The van der Waals surface area contributed by atoms with E-state index in [1.165, 1.54) is 0 Å². The third-order valence-corrected chi connectivity index (χ3v) is 6.21. The number of nitrogens with zero attached hydrogens (tertiary/aromatic N) is 1. The van der Waals surface area contributed by atoms with Gasteiger partial charge in [0, 0.05) is 41.2 Å². The Balaban J connectivity index is 0.00000218. The second kappa shape index (κ2) is 8.62. The number of anilines is 1. The molecule has 1 saturated heterocycles. The molecule has 1 fully saturated rings. The third-order valence-electron chi connectivity index (χ3n) is 6.21. The quantitative estimate of drug-likeness (QED) is 0.642. The van der Waals surface area contributed by atoms with Crippen molar-refractivity contribution in [3.63, 3.8) is 0 Å². The van der Waals surface area contributed by atoms with Crippen molar-refractivity contribution >= 4 is 34.8 Å². The number of carbonyl (C=O) groups is 1. The number of piperidine rings is 1. The van der Waals surface area contributed by atoms with E-state index in [0.29, 0.717) is 6.42 Å². The maximum Gasteiger partial charge on any atom is 0.225 e. The number of hydrogen-bond acceptors (Lipinski definition) is 4. The zero-order valence-corrected chi connectivity index (χ0v) is 17.6. The summed E-state index contributed by atoms with van der Waals surface area (Å²) < 4.78 is 6.47. The minimum atomic E-state index is -0.157. The Bertz CT molecular complexity index is 1040. The lowest BCUT2D eigenvalue weighted by atomic mass is 9.76. The van der Waals surface area contributed by atoms with Crippen LogP contribution < -0.4 is 15.4 Å². The zero-order valence-electron chi connectivity index (χ0n) is 16.8. The fraction of sp³-hybridized carbons (Fsp3) is 0.333. The zero-order chi connectivity index (χ0) is 19.7. The molecule has 2 aliphatic heterocycles. The van der Waals surface area contributed by atoms with Crippen molar-refractivity contribution in [1.29, 1.82) is 0 Å². The van der Waals surface area contributed by atoms with Crippen LogP contribution in [0.5, 0.6) is 5.75 Å². The Hall–Kier alpha value is -2.63. The van der Waals surface area contributed by atoms with Gasteiger partial charge in [0.05, 0.1) is 0 Å². The summed E-state index contributed by atoms with van der Waals surface area (Å²) >= 11 is 0. The lowest BCUT2D eigenvalue weighted by Gasteiger charge is -2.44. The Morgan fingerprint density at radius 1 is 1.13 bits per heavy atom. The molecule has 1 unspecified atom stereocenters. The summed E-state index contributed by atoms with van der Waals surface area (Å²) in [6.45, 7) is 1.93. The van der Waals surface area contributed by atoms with E-state index in [0.717, 1.165) is 60.1 Å². The SMILES string of the molecule is Cl.O=C(CC1CC2(CCNCC2)Oc2ccccc21)Nc1cccc2cnccc12. The number of para-hydroxylation sites is 1. The number of hydrogen-bond donors (Lipinski definition) is 2. The second-order valence-corrected chi connectivity index (χ2v) is 8.13. The summed E-state index contributed by atoms with van der Waals surface area (Å²) in [5, 5.41) is 8.59. The average molecular weight is 424 g/mol. The van der Waals surface area contributed by atoms with E-state index in [1.807, 2.05) is 48.7 Å². The molecule has 5 nitrogen and oxygen atoms in total. The Morgan fingerprint density at radius 2 is 1.97 bits per heavy atom. The number of carbonyl (C=O) groups excluding carboxylic acids is 1. The van der Waals surface area contributed by atoms with Gasteiger partial charge in [-0.25, -0.2) is 0 Å². The van der Waals surface area contributed by atoms with E-state index in [-0.39, 0.29) is 29.8 Å². The van der Waals surface area contributed by atoms with E-state index in [9.17, 15) is 4.79 Å². The van der Waals surface area contributed by atoms with Gasteiger partial charge in [-0.1, -0.05) is 30.3 Å². The van der Waals surface area contributed by atoms with Crippen LogP contribution in [0.2, 0.25) is 0 Å². The molecule has 2 aromatic carbocycles. The highest BCUT2D eigenvalue weighted by Crippen LogP contribution is 2.45. The summed E-state index contributed by atoms with van der Waals surface area (Å²) in [7, 11) is 0. The molecule has 1 aromatic heterocycles. The molecule has 1 spiro atoms. The van der Waals surface area contributed by atoms with E-state index in [1.54, 1.807) is 6.20 Å². The summed E-state index contributed by atoms with van der Waals surface area (Å²) in [4.78, 5) is 17.2. The summed E-state index contributed by atoms with van der Waals surface area (Å²) in [5.41, 5.74) is 1.83. The van der Waals surface area contributed by atoms with E-state index >= 15 is 0 Å². The highest BCUT2D eigenvalue weighted by Gasteiger charge is 2.42. The van der Waals surface area contributed by atoms with Gasteiger partial charge in [-0.15, -0.1) is 12.4 Å². The van der Waals surface area contributed by atoms with Gasteiger partial charge in [-0.3, -0.25) is 9.78 Å². The predicted molar refractivity (Wildman–Crippen MR) is 122 cm³/mol. The molecule has 1 amide bonds. The van der Waals surface area contributed by atoms with Crippen molar-refractivity contribution < 1.29 is 9.53 Å². The molecule has 3 aromatic rings. The molecule has 2 aliphatic rings. The normalized spacial score (nSPS) is 19.4. The first-order chi connectivity index (χ1) is 14.2. The molecular formula is C24H26ClN3O2. The number of pyridine rings is 1. The highest BCUT2D eigenvalue weighted by molar-refractivity contribution is 6.02. The van der Waals surface area contributed by atoms with Gasteiger partial charge in [0.15, 0.2) is 0 Å². The van der Waals surface area contributed by atoms with Crippen molar-refractivity contribution in [1.82, 2.24) is 10.3 Å². The Kier molecular flexibility index (Phi) is 5.93. The van der Waals surface area contributed by atoms with Gasteiger partial charge in [0.1, 0.15) is 11.4 Å². The van der Waals surface area contributed by atoms with Gasteiger partial charge >= 0.3 is 0 Å². The number of rotatable bonds is 3. The molecule has 0 aliphatic carbocycles. The maximum absolute atomic E-state index is 13.0. The number of halogens is 1. The van der Waals surface area contributed by atoms with Crippen molar-refractivity contribution in [2.75, 3.05) is 18.4 Å². The number of benzene rings is 2. The number of nitrogens with one attached hydrogen (secondary N) is 2. The third kappa shape index (κ3) is 4.00. The van der Waals surface area contributed by atoms with Crippen LogP contribution in [0.4, 0.5) is 5.69 Å². The largest absolute Gasteiger partial charge is 0.487 e. The number of ether oxygens (including phenoxy) is 1. The predicted octanol–water partition coefficient (Wildman–Crippen LogP) is 4.67.